The molecule has 0 rings (SSSR count). The second-order valence-corrected chi connectivity index (χ2v) is 14.2. The monoisotopic (exact) mass is 484 g/mol. The molecule has 0 saturated heterocycles. The van der Waals surface area contributed by atoms with E-state index in [1.54, 1.807) is 0 Å². The van der Waals surface area contributed by atoms with Gasteiger partial charge in [-0.05, 0) is 41.4 Å². The first-order chi connectivity index (χ1) is 15.1. The van der Waals surface area contributed by atoms with Gasteiger partial charge < -0.3 is 15.4 Å². The Labute approximate surface area is 212 Å². The van der Waals surface area contributed by atoms with Crippen LogP contribution in [0.3, 0.4) is 0 Å². The van der Waals surface area contributed by atoms with Crippen molar-refractivity contribution in [2.45, 2.75) is 123 Å². The Kier molecular flexibility index (Phi) is 14.9. The van der Waals surface area contributed by atoms with Gasteiger partial charge in [-0.1, -0.05) is 96.4 Å². The predicted octanol–water partition coefficient (Wildman–Crippen LogP) is 6.99. The van der Waals surface area contributed by atoms with Crippen molar-refractivity contribution >= 4 is 11.8 Å². The Balaban J connectivity index is 0. The van der Waals surface area contributed by atoms with Crippen molar-refractivity contribution in [1.82, 2.24) is 10.6 Å². The standard InChI is InChI=1S/C26H52N2O3.C3H8/c1-13-31-19-26(11,12)15-23(5,6)14-20(29)27-17-24(7,8)16-25(9,10)18-28-21(30)22(2,3)4;1-3-2/h13-19H2,1-12H3,(H,27,29)(H,28,30);3H2,1-2H3. The van der Waals surface area contributed by atoms with E-state index in [4.69, 9.17) is 4.74 Å². The molecule has 0 spiro atoms. The molecule has 0 aliphatic carbocycles. The van der Waals surface area contributed by atoms with Gasteiger partial charge in [0.05, 0.1) is 6.61 Å². The van der Waals surface area contributed by atoms with Crippen LogP contribution in [-0.4, -0.2) is 38.1 Å². The van der Waals surface area contributed by atoms with Gasteiger partial charge in [-0.2, -0.15) is 0 Å². The van der Waals surface area contributed by atoms with Gasteiger partial charge in [0.2, 0.25) is 11.8 Å². The first-order valence-corrected chi connectivity index (χ1v) is 13.2. The largest absolute Gasteiger partial charge is 0.381 e. The van der Waals surface area contributed by atoms with Crippen molar-refractivity contribution in [3.8, 4) is 0 Å². The minimum atomic E-state index is -0.385. The molecule has 0 aromatic carbocycles. The molecule has 2 N–H and O–H groups in total. The van der Waals surface area contributed by atoms with Crippen LogP contribution in [0.2, 0.25) is 0 Å². The van der Waals surface area contributed by atoms with Crippen molar-refractivity contribution in [3.05, 3.63) is 0 Å². The average molecular weight is 485 g/mol. The summed E-state index contributed by atoms with van der Waals surface area (Å²) in [4.78, 5) is 24.9. The highest BCUT2D eigenvalue weighted by molar-refractivity contribution is 5.81. The fourth-order valence-electron chi connectivity index (χ4n) is 4.63. The van der Waals surface area contributed by atoms with E-state index in [0.29, 0.717) is 26.1 Å². The van der Waals surface area contributed by atoms with Gasteiger partial charge in [0.25, 0.3) is 0 Å². The van der Waals surface area contributed by atoms with Crippen LogP contribution in [0, 0.1) is 27.1 Å². The lowest BCUT2D eigenvalue weighted by Crippen LogP contribution is -2.43. The molecule has 0 saturated carbocycles. The number of hydrogen-bond acceptors (Lipinski definition) is 3. The van der Waals surface area contributed by atoms with E-state index in [9.17, 15) is 9.59 Å². The number of hydrogen-bond donors (Lipinski definition) is 2. The van der Waals surface area contributed by atoms with Gasteiger partial charge in [-0.3, -0.25) is 9.59 Å². The van der Waals surface area contributed by atoms with Gasteiger partial charge in [-0.25, -0.2) is 0 Å². The zero-order chi connectivity index (χ0) is 27.4. The minimum Gasteiger partial charge on any atom is -0.381 e. The molecule has 0 heterocycles. The smallest absolute Gasteiger partial charge is 0.225 e. The van der Waals surface area contributed by atoms with Crippen molar-refractivity contribution in [1.29, 1.82) is 0 Å². The van der Waals surface area contributed by atoms with Crippen molar-refractivity contribution in [2.75, 3.05) is 26.3 Å². The molecule has 0 atom stereocenters. The van der Waals surface area contributed by atoms with Crippen LogP contribution in [0.4, 0.5) is 0 Å². The predicted molar refractivity (Wildman–Crippen MR) is 147 cm³/mol. The maximum absolute atomic E-state index is 12.7. The summed E-state index contributed by atoms with van der Waals surface area (Å²) in [6.45, 7) is 32.1. The maximum Gasteiger partial charge on any atom is 0.225 e. The molecule has 0 bridgehead atoms. The van der Waals surface area contributed by atoms with Crippen molar-refractivity contribution in [2.24, 2.45) is 27.1 Å². The molecule has 2 amide bonds. The normalized spacial score (nSPS) is 13.1. The molecule has 0 aliphatic heterocycles. The summed E-state index contributed by atoms with van der Waals surface area (Å²) in [5.41, 5.74) is -0.558. The second-order valence-electron chi connectivity index (χ2n) is 14.2. The number of nitrogens with one attached hydrogen (secondary N) is 2. The summed E-state index contributed by atoms with van der Waals surface area (Å²) in [6, 6.07) is 0. The number of carbonyl (C=O) groups excluding carboxylic acids is 2. The summed E-state index contributed by atoms with van der Waals surface area (Å²) in [5, 5.41) is 6.24. The Morgan fingerprint density at radius 1 is 0.647 bits per heavy atom. The summed E-state index contributed by atoms with van der Waals surface area (Å²) in [7, 11) is 0. The minimum absolute atomic E-state index is 0.0422. The Bertz CT molecular complexity index is 599. The lowest BCUT2D eigenvalue weighted by Gasteiger charge is -2.37. The van der Waals surface area contributed by atoms with Crippen LogP contribution in [0.15, 0.2) is 0 Å². The fourth-order valence-corrected chi connectivity index (χ4v) is 4.63. The van der Waals surface area contributed by atoms with Gasteiger partial charge in [0, 0.05) is 31.5 Å². The third-order valence-corrected chi connectivity index (χ3v) is 5.42. The first-order valence-electron chi connectivity index (χ1n) is 13.2. The van der Waals surface area contributed by atoms with Crippen molar-refractivity contribution < 1.29 is 14.3 Å². The summed E-state index contributed by atoms with van der Waals surface area (Å²) in [5.74, 6) is 0.172. The molecular weight excluding hydrogens is 424 g/mol. The summed E-state index contributed by atoms with van der Waals surface area (Å²) >= 11 is 0. The van der Waals surface area contributed by atoms with Crippen LogP contribution in [0.1, 0.15) is 123 Å². The maximum atomic E-state index is 12.7. The quantitative estimate of drug-likeness (QED) is 0.296. The third-order valence-electron chi connectivity index (χ3n) is 5.42. The molecule has 0 aromatic rings. The first kappa shape index (κ1) is 35.1. The molecule has 5 nitrogen and oxygen atoms in total. The second kappa shape index (κ2) is 14.5. The van der Waals surface area contributed by atoms with E-state index in [2.05, 4.69) is 79.9 Å². The van der Waals surface area contributed by atoms with Crippen LogP contribution in [0.25, 0.3) is 0 Å². The number of ether oxygens (including phenoxy) is 1. The number of carbonyl (C=O) groups is 2. The lowest BCUT2D eigenvalue weighted by molar-refractivity contribution is -0.129. The van der Waals surface area contributed by atoms with E-state index < -0.39 is 0 Å². The zero-order valence-electron chi connectivity index (χ0n) is 25.4. The third kappa shape index (κ3) is 18.3. The Morgan fingerprint density at radius 3 is 1.47 bits per heavy atom. The highest BCUT2D eigenvalue weighted by Gasteiger charge is 2.33. The van der Waals surface area contributed by atoms with E-state index in [0.717, 1.165) is 19.4 Å². The number of amides is 2. The van der Waals surface area contributed by atoms with Crippen molar-refractivity contribution in [3.63, 3.8) is 0 Å². The van der Waals surface area contributed by atoms with Gasteiger partial charge >= 0.3 is 0 Å². The molecule has 204 valence electrons. The molecule has 0 aromatic heterocycles. The summed E-state index contributed by atoms with van der Waals surface area (Å²) < 4.78 is 5.61. The Hall–Kier alpha value is -1.10. The lowest BCUT2D eigenvalue weighted by atomic mass is 9.73. The molecular formula is C29H60N2O3. The van der Waals surface area contributed by atoms with E-state index >= 15 is 0 Å². The van der Waals surface area contributed by atoms with E-state index in [-0.39, 0.29) is 38.9 Å². The Morgan fingerprint density at radius 2 is 1.06 bits per heavy atom. The molecule has 0 fully saturated rings. The van der Waals surface area contributed by atoms with E-state index in [1.807, 2.05) is 27.7 Å². The molecule has 5 heteroatoms. The number of rotatable bonds is 13. The molecule has 0 unspecified atom stereocenters. The van der Waals surface area contributed by atoms with Crippen LogP contribution < -0.4 is 10.6 Å². The molecule has 34 heavy (non-hydrogen) atoms. The van der Waals surface area contributed by atoms with Crippen LogP contribution in [-0.2, 0) is 14.3 Å². The topological polar surface area (TPSA) is 67.4 Å². The van der Waals surface area contributed by atoms with Gasteiger partial charge in [-0.15, -0.1) is 0 Å². The average Bonchev–Trinajstić information content (AvgIpc) is 2.60. The SMILES string of the molecule is CCC.CCOCC(C)(C)CC(C)(C)CC(=O)NCC(C)(C)CC(C)(C)CNC(=O)C(C)(C)C. The van der Waals surface area contributed by atoms with Gasteiger partial charge in [0.1, 0.15) is 0 Å². The fraction of sp³-hybridized carbons (Fsp3) is 0.931. The van der Waals surface area contributed by atoms with E-state index in [1.165, 1.54) is 6.42 Å². The van der Waals surface area contributed by atoms with Gasteiger partial charge in [0.15, 0.2) is 0 Å². The van der Waals surface area contributed by atoms with Crippen LogP contribution in [0.5, 0.6) is 0 Å². The zero-order valence-corrected chi connectivity index (χ0v) is 25.4. The summed E-state index contributed by atoms with van der Waals surface area (Å²) in [6.07, 6.45) is 3.58. The molecule has 0 radical (unpaired) electrons. The highest BCUT2D eigenvalue weighted by Crippen LogP contribution is 2.37. The molecule has 0 aliphatic rings. The van der Waals surface area contributed by atoms with Crippen LogP contribution >= 0.6 is 0 Å². The highest BCUT2D eigenvalue weighted by atomic mass is 16.5.